The first-order chi connectivity index (χ1) is 24.7. The minimum atomic E-state index is -1.86. The molecule has 3 heterocycles. The van der Waals surface area contributed by atoms with Gasteiger partial charge in [0.1, 0.15) is 35.7 Å². The molecule has 13 nitrogen and oxygen atoms in total. The highest BCUT2D eigenvalue weighted by Crippen LogP contribution is 2.54. The number of nitrogens with one attached hydrogen (secondary N) is 3. The summed E-state index contributed by atoms with van der Waals surface area (Å²) in [5.74, 6) is -1.47. The van der Waals surface area contributed by atoms with Gasteiger partial charge in [-0.2, -0.15) is 0 Å². The predicted octanol–water partition coefficient (Wildman–Crippen LogP) is 6.19. The van der Waals surface area contributed by atoms with Crippen molar-refractivity contribution in [3.05, 3.63) is 111 Å². The maximum Gasteiger partial charge on any atom is 0.514 e. The topological polar surface area (TPSA) is 178 Å². The Morgan fingerprint density at radius 2 is 1.83 bits per heavy atom. The van der Waals surface area contributed by atoms with Crippen LogP contribution < -0.4 is 20.7 Å². The van der Waals surface area contributed by atoms with E-state index in [0.29, 0.717) is 21.3 Å². The number of oxazole rings is 1. The first-order valence-corrected chi connectivity index (χ1v) is 17.5. The van der Waals surface area contributed by atoms with E-state index in [9.17, 15) is 24.3 Å². The quantitative estimate of drug-likeness (QED) is 0.130. The normalized spacial score (nSPS) is 19.5. The molecule has 0 unspecified atom stereocenters. The molecule has 0 fully saturated rings. The fraction of sp³-hybridized carbons (Fsp3) is 0.342. The lowest BCUT2D eigenvalue weighted by molar-refractivity contribution is -0.124. The van der Waals surface area contributed by atoms with E-state index >= 15 is 0 Å². The number of hydrogen-bond acceptors (Lipinski definition) is 10. The Labute approximate surface area is 308 Å². The molecule has 14 heteroatoms. The molecule has 272 valence electrons. The van der Waals surface area contributed by atoms with Crippen LogP contribution in [0.1, 0.15) is 80.3 Å². The number of carbonyl (C=O) groups is 4. The molecule has 1 aromatic heterocycles. The first kappa shape index (κ1) is 36.6. The van der Waals surface area contributed by atoms with Gasteiger partial charge in [-0.15, -0.1) is 0 Å². The van der Waals surface area contributed by atoms with Gasteiger partial charge in [-0.1, -0.05) is 68.4 Å². The summed E-state index contributed by atoms with van der Waals surface area (Å²) in [4.78, 5) is 59.6. The van der Waals surface area contributed by atoms with Crippen molar-refractivity contribution < 1.29 is 42.9 Å². The SMILES string of the molecule is CC(C)[C@@H]1NC(=O)[C@@H](NC(=O)OCc2ccccc2)Cc2ccc(OC(=O)OC(C)(C)C)c(c2)[C@]2(C(=O)Nc3c(Br)cccc32)c2oc1nc2CO. The van der Waals surface area contributed by atoms with Crippen molar-refractivity contribution in [3.8, 4) is 5.75 Å². The number of aromatic nitrogens is 1. The number of anilines is 1. The maximum atomic E-state index is 14.7. The Hall–Kier alpha value is -5.21. The van der Waals surface area contributed by atoms with Crippen LogP contribution in [0.3, 0.4) is 0 Å². The zero-order chi connectivity index (χ0) is 37.4. The number of ether oxygens (including phenoxy) is 3. The van der Waals surface area contributed by atoms with Crippen molar-refractivity contribution in [1.29, 1.82) is 0 Å². The van der Waals surface area contributed by atoms with Crippen LogP contribution >= 0.6 is 15.9 Å². The minimum absolute atomic E-state index is 0.0217. The standard InChI is InChI=1S/C38H39BrN4O9/c1-20(2)29-33-40-27(18-44)31(51-33)38(23-12-9-13-25(39)30(23)43-34(38)46)24-16-22(14-15-28(24)50-36(48)52-37(3,4)5)17-26(32(45)42-29)41-35(47)49-19-21-10-7-6-8-11-21/h6-16,20,26,29,44H,17-19H2,1-5H3,(H,41,47)(H,42,45)(H,43,46)/t26-,29-,38-/m0/s1. The van der Waals surface area contributed by atoms with Crippen molar-refractivity contribution in [2.45, 2.75) is 77.4 Å². The second-order valence-electron chi connectivity index (χ2n) is 13.9. The lowest BCUT2D eigenvalue weighted by Gasteiger charge is -2.30. The third kappa shape index (κ3) is 7.13. The molecule has 0 aliphatic carbocycles. The molecule has 1 spiro atoms. The van der Waals surface area contributed by atoms with Crippen LogP contribution in [0.5, 0.6) is 5.75 Å². The van der Waals surface area contributed by atoms with Crippen molar-refractivity contribution in [1.82, 2.24) is 15.6 Å². The first-order valence-electron chi connectivity index (χ1n) is 16.7. The molecule has 4 aromatic rings. The highest BCUT2D eigenvalue weighted by molar-refractivity contribution is 9.10. The molecule has 0 radical (unpaired) electrons. The highest BCUT2D eigenvalue weighted by Gasteiger charge is 2.56. The lowest BCUT2D eigenvalue weighted by atomic mass is 9.71. The van der Waals surface area contributed by atoms with Gasteiger partial charge in [-0.25, -0.2) is 14.6 Å². The molecule has 4 N–H and O–H groups in total. The number of carbonyl (C=O) groups excluding carboxylic acids is 4. The van der Waals surface area contributed by atoms with Crippen LogP contribution in [0.2, 0.25) is 0 Å². The van der Waals surface area contributed by atoms with Crippen LogP contribution in [-0.4, -0.2) is 45.8 Å². The maximum absolute atomic E-state index is 14.7. The highest BCUT2D eigenvalue weighted by atomic mass is 79.9. The Morgan fingerprint density at radius 1 is 1.08 bits per heavy atom. The molecule has 3 amide bonds. The molecule has 6 rings (SSSR count). The summed E-state index contributed by atoms with van der Waals surface area (Å²) in [7, 11) is 0. The number of aliphatic hydroxyl groups excluding tert-OH is 1. The summed E-state index contributed by atoms with van der Waals surface area (Å²) in [5, 5.41) is 19.3. The third-order valence-corrected chi connectivity index (χ3v) is 9.38. The fourth-order valence-electron chi connectivity index (χ4n) is 6.38. The molecule has 3 aromatic carbocycles. The molecule has 4 bridgehead atoms. The molecular formula is C38H39BrN4O9. The molecule has 3 atom stereocenters. The Morgan fingerprint density at radius 3 is 2.52 bits per heavy atom. The average molecular weight is 776 g/mol. The summed E-state index contributed by atoms with van der Waals surface area (Å²) in [6.07, 6.45) is -1.90. The van der Waals surface area contributed by atoms with Crippen LogP contribution in [0.4, 0.5) is 15.3 Å². The molecule has 0 saturated carbocycles. The molecular weight excluding hydrogens is 736 g/mol. The summed E-state index contributed by atoms with van der Waals surface area (Å²) in [6, 6.07) is 17.0. The summed E-state index contributed by atoms with van der Waals surface area (Å²) in [6.45, 7) is 8.10. The van der Waals surface area contributed by atoms with Crippen LogP contribution in [0, 0.1) is 5.92 Å². The number of halogens is 1. The number of rotatable bonds is 6. The van der Waals surface area contributed by atoms with Gasteiger partial charge < -0.3 is 39.7 Å². The van der Waals surface area contributed by atoms with Gasteiger partial charge in [0.25, 0.3) is 0 Å². The van der Waals surface area contributed by atoms with Crippen molar-refractivity contribution >= 4 is 45.7 Å². The molecule has 0 saturated heterocycles. The number of para-hydroxylation sites is 1. The predicted molar refractivity (Wildman–Crippen MR) is 191 cm³/mol. The Bertz CT molecular complexity index is 2020. The summed E-state index contributed by atoms with van der Waals surface area (Å²) in [5.41, 5.74) is -0.472. The van der Waals surface area contributed by atoms with Crippen molar-refractivity contribution in [2.24, 2.45) is 5.92 Å². The van der Waals surface area contributed by atoms with Crippen LogP contribution in [0.25, 0.3) is 0 Å². The zero-order valence-electron chi connectivity index (χ0n) is 29.2. The number of hydrogen-bond donors (Lipinski definition) is 4. The number of benzene rings is 3. The average Bonchev–Trinajstić information content (AvgIpc) is 3.65. The van der Waals surface area contributed by atoms with E-state index in [-0.39, 0.29) is 47.6 Å². The van der Waals surface area contributed by atoms with E-state index in [4.69, 9.17) is 18.6 Å². The van der Waals surface area contributed by atoms with E-state index in [1.165, 1.54) is 6.07 Å². The fourth-order valence-corrected chi connectivity index (χ4v) is 6.84. The monoisotopic (exact) mass is 774 g/mol. The molecule has 2 aliphatic rings. The van der Waals surface area contributed by atoms with Crippen LogP contribution in [0.15, 0.2) is 75.6 Å². The van der Waals surface area contributed by atoms with Crippen molar-refractivity contribution in [2.75, 3.05) is 5.32 Å². The number of nitrogens with zero attached hydrogens (tertiary/aromatic N) is 1. The molecule has 52 heavy (non-hydrogen) atoms. The number of alkyl carbamates (subject to hydrolysis) is 1. The van der Waals surface area contributed by atoms with Crippen molar-refractivity contribution in [3.63, 3.8) is 0 Å². The minimum Gasteiger partial charge on any atom is -0.445 e. The van der Waals surface area contributed by atoms with E-state index in [1.54, 1.807) is 51.1 Å². The third-order valence-electron chi connectivity index (χ3n) is 8.72. The Balaban J connectivity index is 1.55. The summed E-state index contributed by atoms with van der Waals surface area (Å²) >= 11 is 3.54. The Kier molecular flexibility index (Phi) is 10.1. The number of aliphatic hydroxyl groups is 1. The van der Waals surface area contributed by atoms with Gasteiger partial charge in [0.15, 0.2) is 11.2 Å². The van der Waals surface area contributed by atoms with Gasteiger partial charge in [0.2, 0.25) is 17.7 Å². The van der Waals surface area contributed by atoms with Gasteiger partial charge >= 0.3 is 12.2 Å². The second-order valence-corrected chi connectivity index (χ2v) is 14.8. The number of amides is 3. The zero-order valence-corrected chi connectivity index (χ0v) is 30.8. The lowest BCUT2D eigenvalue weighted by Crippen LogP contribution is -2.49. The smallest absolute Gasteiger partial charge is 0.445 e. The largest absolute Gasteiger partial charge is 0.514 e. The summed E-state index contributed by atoms with van der Waals surface area (Å²) < 4.78 is 23.8. The van der Waals surface area contributed by atoms with E-state index in [2.05, 4.69) is 36.9 Å². The van der Waals surface area contributed by atoms with Gasteiger partial charge in [0.05, 0.1) is 12.3 Å². The number of fused-ring (bicyclic) bond motifs is 8. The van der Waals surface area contributed by atoms with Gasteiger partial charge in [0, 0.05) is 22.0 Å². The van der Waals surface area contributed by atoms with E-state index in [0.717, 1.165) is 5.56 Å². The van der Waals surface area contributed by atoms with Gasteiger partial charge in [-0.3, -0.25) is 9.59 Å². The van der Waals surface area contributed by atoms with Crippen LogP contribution in [-0.2, 0) is 44.1 Å². The molecule has 2 aliphatic heterocycles. The van der Waals surface area contributed by atoms with E-state index in [1.807, 2.05) is 44.2 Å². The van der Waals surface area contributed by atoms with E-state index < -0.39 is 53.8 Å². The second kappa shape index (κ2) is 14.4. The van der Waals surface area contributed by atoms with Gasteiger partial charge in [-0.05, 0) is 65.9 Å².